The molecule has 0 aliphatic carbocycles. The van der Waals surface area contributed by atoms with Crippen LogP contribution in [0.1, 0.15) is 12.8 Å². The van der Waals surface area contributed by atoms with Crippen LogP contribution in [0.2, 0.25) is 0 Å². The Morgan fingerprint density at radius 3 is 2.94 bits per heavy atom. The Morgan fingerprint density at radius 2 is 2.03 bits per heavy atom. The number of anilines is 1. The normalized spacial score (nSPS) is 18.1. The number of H-pyrrole nitrogens is 1. The number of rotatable bonds is 4. The molecule has 8 nitrogen and oxygen atoms in total. The fraction of sp³-hybridized carbons (Fsp3) is 0.320. The van der Waals surface area contributed by atoms with Crippen LogP contribution in [0.3, 0.4) is 0 Å². The Kier molecular flexibility index (Phi) is 5.07. The number of nitrogens with one attached hydrogen (secondary N) is 2. The third-order valence-corrected chi connectivity index (χ3v) is 6.35. The maximum absolute atomic E-state index is 6.07. The van der Waals surface area contributed by atoms with E-state index in [4.69, 9.17) is 14.5 Å². The summed E-state index contributed by atoms with van der Waals surface area (Å²) in [4.78, 5) is 11.3. The van der Waals surface area contributed by atoms with Crippen molar-refractivity contribution in [1.29, 1.82) is 0 Å². The first kappa shape index (κ1) is 20.0. The second-order valence-corrected chi connectivity index (χ2v) is 8.61. The van der Waals surface area contributed by atoms with Crippen molar-refractivity contribution in [2.75, 3.05) is 38.2 Å². The second-order valence-electron chi connectivity index (χ2n) is 8.61. The van der Waals surface area contributed by atoms with Gasteiger partial charge in [-0.2, -0.15) is 5.10 Å². The first-order valence-corrected chi connectivity index (χ1v) is 11.4. The van der Waals surface area contributed by atoms with Crippen molar-refractivity contribution in [1.82, 2.24) is 25.5 Å². The maximum Gasteiger partial charge on any atom is 0.233 e. The van der Waals surface area contributed by atoms with Gasteiger partial charge < -0.3 is 19.7 Å². The predicted molar refractivity (Wildman–Crippen MR) is 128 cm³/mol. The first-order chi connectivity index (χ1) is 16.2. The molecule has 0 bridgehead atoms. The van der Waals surface area contributed by atoms with Gasteiger partial charge in [0.2, 0.25) is 5.88 Å². The minimum Gasteiger partial charge on any atom is -0.490 e. The van der Waals surface area contributed by atoms with Gasteiger partial charge in [0.15, 0.2) is 0 Å². The van der Waals surface area contributed by atoms with E-state index in [0.29, 0.717) is 18.2 Å². The molecule has 8 heteroatoms. The lowest BCUT2D eigenvalue weighted by Gasteiger charge is -2.28. The van der Waals surface area contributed by atoms with E-state index in [1.807, 2.05) is 0 Å². The van der Waals surface area contributed by atoms with Crippen LogP contribution < -0.4 is 19.7 Å². The van der Waals surface area contributed by atoms with Crippen molar-refractivity contribution in [2.24, 2.45) is 0 Å². The summed E-state index contributed by atoms with van der Waals surface area (Å²) >= 11 is 0. The highest BCUT2D eigenvalue weighted by Gasteiger charge is 2.18. The molecule has 0 amide bonds. The molecule has 0 unspecified atom stereocenters. The number of aromatic nitrogens is 4. The average Bonchev–Trinajstić information content (AvgIpc) is 3.28. The highest BCUT2D eigenvalue weighted by Crippen LogP contribution is 2.36. The van der Waals surface area contributed by atoms with Gasteiger partial charge >= 0.3 is 0 Å². The summed E-state index contributed by atoms with van der Waals surface area (Å²) in [6, 6.07) is 12.7. The smallest absolute Gasteiger partial charge is 0.233 e. The monoisotopic (exact) mass is 442 g/mol. The molecule has 1 saturated heterocycles. The largest absolute Gasteiger partial charge is 0.490 e. The molecule has 2 aliphatic rings. The van der Waals surface area contributed by atoms with Gasteiger partial charge in [-0.3, -0.25) is 10.1 Å². The molecular weight excluding hydrogens is 416 g/mol. The summed E-state index contributed by atoms with van der Waals surface area (Å²) in [6.45, 7) is 3.48. The summed E-state index contributed by atoms with van der Waals surface area (Å²) < 4.78 is 12.0. The zero-order chi connectivity index (χ0) is 22.2. The van der Waals surface area contributed by atoms with Gasteiger partial charge in [0.05, 0.1) is 30.1 Å². The van der Waals surface area contributed by atoms with Crippen molar-refractivity contribution in [2.45, 2.75) is 18.9 Å². The summed E-state index contributed by atoms with van der Waals surface area (Å²) in [5.41, 5.74) is 5.72. The average molecular weight is 443 g/mol. The van der Waals surface area contributed by atoms with Crippen LogP contribution in [-0.2, 0) is 0 Å². The Morgan fingerprint density at radius 1 is 1.12 bits per heavy atom. The predicted octanol–water partition coefficient (Wildman–Crippen LogP) is 3.65. The molecular formula is C25H26N6O2. The lowest BCUT2D eigenvalue weighted by Crippen LogP contribution is -2.37. The summed E-state index contributed by atoms with van der Waals surface area (Å²) in [6.07, 6.45) is 5.65. The van der Waals surface area contributed by atoms with E-state index in [-0.39, 0.29) is 6.10 Å². The quantitative estimate of drug-likeness (QED) is 0.499. The molecule has 4 heterocycles. The van der Waals surface area contributed by atoms with Crippen molar-refractivity contribution in [3.05, 3.63) is 48.8 Å². The molecule has 2 aromatic carbocycles. The molecule has 2 aliphatic heterocycles. The third kappa shape index (κ3) is 3.87. The van der Waals surface area contributed by atoms with E-state index >= 15 is 0 Å². The van der Waals surface area contributed by atoms with Gasteiger partial charge in [-0.25, -0.2) is 4.98 Å². The van der Waals surface area contributed by atoms with Gasteiger partial charge in [0.1, 0.15) is 29.8 Å². The number of hydrogen-bond donors (Lipinski definition) is 2. The van der Waals surface area contributed by atoms with Crippen LogP contribution in [0.4, 0.5) is 5.69 Å². The minimum atomic E-state index is 0.121. The Labute approximate surface area is 192 Å². The van der Waals surface area contributed by atoms with Crippen LogP contribution in [-0.4, -0.2) is 59.6 Å². The van der Waals surface area contributed by atoms with E-state index in [1.165, 1.54) is 0 Å². The number of fused-ring (bicyclic) bond motifs is 2. The van der Waals surface area contributed by atoms with E-state index in [1.54, 1.807) is 12.4 Å². The molecule has 1 atom stereocenters. The molecule has 2 N–H and O–H groups in total. The topological polar surface area (TPSA) is 88.2 Å². The Hall–Kier alpha value is -3.65. The van der Waals surface area contributed by atoms with Crippen LogP contribution in [0.15, 0.2) is 48.8 Å². The van der Waals surface area contributed by atoms with Crippen molar-refractivity contribution >= 4 is 16.6 Å². The van der Waals surface area contributed by atoms with Gasteiger partial charge in [-0.1, -0.05) is 12.1 Å². The summed E-state index contributed by atoms with van der Waals surface area (Å²) in [5, 5.41) is 12.0. The molecule has 33 heavy (non-hydrogen) atoms. The van der Waals surface area contributed by atoms with Crippen LogP contribution in [0.5, 0.6) is 11.6 Å². The molecule has 0 spiro atoms. The van der Waals surface area contributed by atoms with Crippen molar-refractivity contribution in [3.8, 4) is 34.1 Å². The number of benzene rings is 2. The maximum atomic E-state index is 6.07. The number of nitrogens with zero attached hydrogens (tertiary/aromatic N) is 4. The zero-order valence-corrected chi connectivity index (χ0v) is 18.5. The fourth-order valence-corrected chi connectivity index (χ4v) is 4.54. The molecule has 4 aromatic rings. The van der Waals surface area contributed by atoms with E-state index in [0.717, 1.165) is 71.6 Å². The van der Waals surface area contributed by atoms with Crippen molar-refractivity contribution in [3.63, 3.8) is 0 Å². The molecule has 6 rings (SSSR count). The Bertz CT molecular complexity index is 1300. The van der Waals surface area contributed by atoms with Crippen LogP contribution in [0.25, 0.3) is 33.4 Å². The van der Waals surface area contributed by atoms with Gasteiger partial charge in [-0.05, 0) is 54.8 Å². The molecule has 1 fully saturated rings. The molecule has 0 radical (unpaired) electrons. The van der Waals surface area contributed by atoms with Gasteiger partial charge in [0.25, 0.3) is 0 Å². The van der Waals surface area contributed by atoms with Crippen molar-refractivity contribution < 1.29 is 9.47 Å². The second kappa shape index (κ2) is 8.37. The molecule has 0 saturated carbocycles. The van der Waals surface area contributed by atoms with Crippen LogP contribution >= 0.6 is 0 Å². The van der Waals surface area contributed by atoms with E-state index in [2.05, 4.69) is 68.8 Å². The number of aromatic amines is 1. The highest BCUT2D eigenvalue weighted by atomic mass is 16.5. The summed E-state index contributed by atoms with van der Waals surface area (Å²) in [5.74, 6) is 1.45. The number of hydrogen-bond acceptors (Lipinski definition) is 7. The highest BCUT2D eigenvalue weighted by molar-refractivity contribution is 5.95. The van der Waals surface area contributed by atoms with Gasteiger partial charge in [0, 0.05) is 19.0 Å². The lowest BCUT2D eigenvalue weighted by atomic mass is 10.0. The zero-order valence-electron chi connectivity index (χ0n) is 18.5. The standard InChI is InChI=1S/C25H26N6O2/c1-31-9-10-32-23-12-17(5-7-22(23)31)16-4-6-20-19(11-16)25(30-29-20)21-14-27-15-24(28-21)33-18-3-2-8-26-13-18/h4-7,11-12,14-15,18,26H,2-3,8-10,13H2,1H3,(H,29,30)/t18-/m1/s1. The van der Waals surface area contributed by atoms with Crippen LogP contribution in [0, 0.1) is 0 Å². The minimum absolute atomic E-state index is 0.121. The number of likely N-dealkylation sites (N-methyl/N-ethyl adjacent to an activating group) is 1. The third-order valence-electron chi connectivity index (χ3n) is 6.35. The van der Waals surface area contributed by atoms with E-state index in [9.17, 15) is 0 Å². The fourth-order valence-electron chi connectivity index (χ4n) is 4.54. The molecule has 2 aromatic heterocycles. The number of ether oxygens (including phenoxy) is 2. The summed E-state index contributed by atoms with van der Waals surface area (Å²) in [7, 11) is 2.09. The molecule has 168 valence electrons. The first-order valence-electron chi connectivity index (χ1n) is 11.4. The SMILES string of the molecule is CN1CCOc2cc(-c3ccc4[nH]nc(-c5cncc(O[C@@H]6CCCNC6)n5)c4c3)ccc21. The van der Waals surface area contributed by atoms with Gasteiger partial charge in [-0.15, -0.1) is 0 Å². The lowest BCUT2D eigenvalue weighted by molar-refractivity contribution is 0.160. The Balaban J connectivity index is 1.34. The number of piperidine rings is 1. The van der Waals surface area contributed by atoms with E-state index < -0.39 is 0 Å².